The molecule has 1 heterocycles. The van der Waals surface area contributed by atoms with E-state index in [1.807, 2.05) is 36.4 Å². The Morgan fingerprint density at radius 2 is 1.45 bits per heavy atom. The lowest BCUT2D eigenvalue weighted by Crippen LogP contribution is -2.50. The molecule has 3 nitrogen and oxygen atoms in total. The summed E-state index contributed by atoms with van der Waals surface area (Å²) < 4.78 is 0. The van der Waals surface area contributed by atoms with E-state index in [0.717, 1.165) is 16.2 Å². The number of rotatable bonds is 4. The van der Waals surface area contributed by atoms with Crippen LogP contribution < -0.4 is 0 Å². The molecule has 0 spiro atoms. The normalized spacial score (nSPS) is 20.4. The number of hydroxylamine groups is 2. The number of hydrogen-bond donors (Lipinski definition) is 1. The minimum Gasteiger partial charge on any atom is -0.285 e. The van der Waals surface area contributed by atoms with Crippen molar-refractivity contribution >= 4 is 5.91 Å². The molecule has 0 aliphatic carbocycles. The zero-order valence-corrected chi connectivity index (χ0v) is 12.8. The molecule has 22 heavy (non-hydrogen) atoms. The highest BCUT2D eigenvalue weighted by Crippen LogP contribution is 2.39. The first-order valence-electron chi connectivity index (χ1n) is 7.71. The number of carbonyl (C=O) groups excluding carboxylic acids is 1. The van der Waals surface area contributed by atoms with Crippen molar-refractivity contribution in [2.75, 3.05) is 0 Å². The van der Waals surface area contributed by atoms with Crippen molar-refractivity contribution in [3.05, 3.63) is 71.8 Å². The van der Waals surface area contributed by atoms with Gasteiger partial charge >= 0.3 is 0 Å². The summed E-state index contributed by atoms with van der Waals surface area (Å²) in [5.74, 6) is -0.0789. The van der Waals surface area contributed by atoms with Crippen LogP contribution in [0, 0.1) is 5.92 Å². The van der Waals surface area contributed by atoms with Gasteiger partial charge in [0, 0.05) is 6.42 Å². The molecular formula is C19H21NO2. The lowest BCUT2D eigenvalue weighted by Gasteiger charge is -2.38. The molecule has 1 N–H and O–H groups in total. The monoisotopic (exact) mass is 295 g/mol. The van der Waals surface area contributed by atoms with Crippen LogP contribution in [0.15, 0.2) is 60.7 Å². The third-order valence-electron chi connectivity index (χ3n) is 4.76. The fourth-order valence-corrected chi connectivity index (χ4v) is 3.45. The molecule has 1 unspecified atom stereocenters. The summed E-state index contributed by atoms with van der Waals surface area (Å²) in [6, 6.07) is 20.1. The molecule has 0 radical (unpaired) electrons. The van der Waals surface area contributed by atoms with Gasteiger partial charge in [-0.05, 0) is 29.9 Å². The van der Waals surface area contributed by atoms with E-state index in [4.69, 9.17) is 0 Å². The van der Waals surface area contributed by atoms with Crippen molar-refractivity contribution in [2.45, 2.75) is 31.7 Å². The Labute approximate surface area is 131 Å². The van der Waals surface area contributed by atoms with E-state index in [-0.39, 0.29) is 11.8 Å². The molecule has 3 heteroatoms. The summed E-state index contributed by atoms with van der Waals surface area (Å²) in [7, 11) is 0. The molecule has 0 saturated carbocycles. The second-order valence-corrected chi connectivity index (χ2v) is 6.24. The zero-order valence-electron chi connectivity index (χ0n) is 12.8. The lowest BCUT2D eigenvalue weighted by atomic mass is 9.77. The summed E-state index contributed by atoms with van der Waals surface area (Å²) in [5, 5.41) is 11.5. The molecule has 1 atom stereocenters. The smallest absolute Gasteiger partial charge is 0.246 e. The maximum Gasteiger partial charge on any atom is 0.246 e. The highest BCUT2D eigenvalue weighted by molar-refractivity contribution is 5.79. The maximum atomic E-state index is 12.1. The predicted molar refractivity (Wildman–Crippen MR) is 85.4 cm³/mol. The summed E-state index contributed by atoms with van der Waals surface area (Å²) in [6.45, 7) is 2.06. The van der Waals surface area contributed by atoms with E-state index in [0.29, 0.717) is 19.3 Å². The van der Waals surface area contributed by atoms with Crippen molar-refractivity contribution < 1.29 is 10.0 Å². The van der Waals surface area contributed by atoms with Crippen LogP contribution in [0.3, 0.4) is 0 Å². The van der Waals surface area contributed by atoms with E-state index in [9.17, 15) is 10.0 Å². The number of hydrogen-bond acceptors (Lipinski definition) is 2. The van der Waals surface area contributed by atoms with Gasteiger partial charge in [-0.15, -0.1) is 0 Å². The Hall–Kier alpha value is -2.13. The fourth-order valence-electron chi connectivity index (χ4n) is 3.45. The molecule has 0 aromatic heterocycles. The van der Waals surface area contributed by atoms with Crippen molar-refractivity contribution in [1.29, 1.82) is 0 Å². The third-order valence-corrected chi connectivity index (χ3v) is 4.76. The van der Waals surface area contributed by atoms with E-state index in [2.05, 4.69) is 31.2 Å². The Kier molecular flexibility index (Phi) is 3.99. The van der Waals surface area contributed by atoms with Gasteiger partial charge in [-0.25, -0.2) is 5.06 Å². The second-order valence-electron chi connectivity index (χ2n) is 6.24. The molecule has 1 saturated heterocycles. The van der Waals surface area contributed by atoms with Gasteiger partial charge in [-0.3, -0.25) is 10.0 Å². The van der Waals surface area contributed by atoms with Crippen LogP contribution in [0.2, 0.25) is 0 Å². The van der Waals surface area contributed by atoms with E-state index in [1.165, 1.54) is 0 Å². The van der Waals surface area contributed by atoms with Crippen LogP contribution in [0.1, 0.15) is 24.5 Å². The third kappa shape index (κ3) is 2.64. The van der Waals surface area contributed by atoms with Gasteiger partial charge in [-0.1, -0.05) is 67.6 Å². The minimum atomic E-state index is -0.570. The molecule has 1 aliphatic rings. The summed E-state index contributed by atoms with van der Waals surface area (Å²) in [6.07, 6.45) is 1.72. The van der Waals surface area contributed by atoms with Crippen molar-refractivity contribution in [3.63, 3.8) is 0 Å². The van der Waals surface area contributed by atoms with Crippen LogP contribution >= 0.6 is 0 Å². The van der Waals surface area contributed by atoms with Crippen molar-refractivity contribution in [3.8, 4) is 0 Å². The maximum absolute atomic E-state index is 12.1. The molecule has 114 valence electrons. The van der Waals surface area contributed by atoms with Crippen molar-refractivity contribution in [2.24, 2.45) is 5.92 Å². The predicted octanol–water partition coefficient (Wildman–Crippen LogP) is 3.47. The van der Waals surface area contributed by atoms with Gasteiger partial charge in [0.2, 0.25) is 5.91 Å². The van der Waals surface area contributed by atoms with Gasteiger partial charge < -0.3 is 0 Å². The van der Waals surface area contributed by atoms with Crippen LogP contribution in [-0.4, -0.2) is 21.7 Å². The zero-order chi connectivity index (χ0) is 15.6. The van der Waals surface area contributed by atoms with E-state index < -0.39 is 5.54 Å². The van der Waals surface area contributed by atoms with E-state index in [1.54, 1.807) is 0 Å². The van der Waals surface area contributed by atoms with Crippen LogP contribution in [0.25, 0.3) is 0 Å². The summed E-state index contributed by atoms with van der Waals surface area (Å²) >= 11 is 0. The SMILES string of the molecule is CC1CC(=O)N(O)C1(Cc1ccccc1)Cc1ccccc1. The van der Waals surface area contributed by atoms with Gasteiger partial charge in [-0.2, -0.15) is 0 Å². The molecular weight excluding hydrogens is 274 g/mol. The number of nitrogens with zero attached hydrogens (tertiary/aromatic N) is 1. The van der Waals surface area contributed by atoms with Gasteiger partial charge in [0.15, 0.2) is 0 Å². The summed E-state index contributed by atoms with van der Waals surface area (Å²) in [5.41, 5.74) is 1.71. The Morgan fingerprint density at radius 3 is 1.82 bits per heavy atom. The largest absolute Gasteiger partial charge is 0.285 e. The van der Waals surface area contributed by atoms with Crippen LogP contribution in [0.4, 0.5) is 0 Å². The molecule has 2 aromatic rings. The molecule has 0 bridgehead atoms. The van der Waals surface area contributed by atoms with Crippen LogP contribution in [-0.2, 0) is 17.6 Å². The van der Waals surface area contributed by atoms with Crippen molar-refractivity contribution in [1.82, 2.24) is 5.06 Å². The Balaban J connectivity index is 1.97. The second kappa shape index (κ2) is 5.93. The highest BCUT2D eigenvalue weighted by atomic mass is 16.5. The van der Waals surface area contributed by atoms with Gasteiger partial charge in [0.05, 0.1) is 5.54 Å². The minimum absolute atomic E-state index is 0.102. The molecule has 3 rings (SSSR count). The molecule has 1 aliphatic heterocycles. The molecule has 1 amide bonds. The summed E-state index contributed by atoms with van der Waals surface area (Å²) in [4.78, 5) is 12.1. The number of carbonyl (C=O) groups is 1. The van der Waals surface area contributed by atoms with Gasteiger partial charge in [0.1, 0.15) is 0 Å². The number of benzene rings is 2. The molecule has 1 fully saturated rings. The standard InChI is InChI=1S/C19H21NO2/c1-15-12-18(21)20(22)19(15,13-16-8-4-2-5-9-16)14-17-10-6-3-7-11-17/h2-11,15,22H,12-14H2,1H3. The lowest BCUT2D eigenvalue weighted by molar-refractivity contribution is -0.183. The first-order valence-corrected chi connectivity index (χ1v) is 7.71. The Morgan fingerprint density at radius 1 is 1.00 bits per heavy atom. The van der Waals surface area contributed by atoms with Crippen LogP contribution in [0.5, 0.6) is 0 Å². The van der Waals surface area contributed by atoms with E-state index >= 15 is 0 Å². The average Bonchev–Trinajstić information content (AvgIpc) is 2.73. The topological polar surface area (TPSA) is 40.5 Å². The fraction of sp³-hybridized carbons (Fsp3) is 0.316. The van der Waals surface area contributed by atoms with Gasteiger partial charge in [0.25, 0.3) is 0 Å². The first kappa shape index (κ1) is 14.8. The average molecular weight is 295 g/mol. The highest BCUT2D eigenvalue weighted by Gasteiger charge is 2.50. The Bertz CT molecular complexity index is 597. The molecule has 2 aromatic carbocycles. The number of amides is 1. The first-order chi connectivity index (χ1) is 10.6. The quantitative estimate of drug-likeness (QED) is 0.877.